The summed E-state index contributed by atoms with van der Waals surface area (Å²) in [5.74, 6) is -3.61. The number of halogens is 2. The number of benzene rings is 1. The Labute approximate surface area is 250 Å². The number of methoxy groups -OCH3 is 2. The highest BCUT2D eigenvalue weighted by atomic mass is 19.1. The summed E-state index contributed by atoms with van der Waals surface area (Å²) in [6.45, 7) is 3.03. The number of hydrogen-bond acceptors (Lipinski definition) is 10. The Hall–Kier alpha value is -4.53. The van der Waals surface area contributed by atoms with Gasteiger partial charge in [0.2, 0.25) is 17.1 Å². The molecule has 2 bridgehead atoms. The highest BCUT2D eigenvalue weighted by Crippen LogP contribution is 2.46. The Balaban J connectivity index is 1.59. The minimum Gasteiger partial charge on any atom is -0.482 e. The van der Waals surface area contributed by atoms with E-state index in [4.69, 9.17) is 23.8 Å². The van der Waals surface area contributed by atoms with Crippen LogP contribution in [0.15, 0.2) is 34.3 Å². The molecule has 1 fully saturated rings. The van der Waals surface area contributed by atoms with Crippen molar-refractivity contribution in [2.75, 3.05) is 27.4 Å². The van der Waals surface area contributed by atoms with E-state index in [0.717, 1.165) is 12.1 Å². The first-order valence-electron chi connectivity index (χ1n) is 14.0. The van der Waals surface area contributed by atoms with E-state index in [-0.39, 0.29) is 43.4 Å². The molecule has 0 radical (unpaired) electrons. The molecule has 3 aliphatic rings. The van der Waals surface area contributed by atoms with Gasteiger partial charge in [-0.15, -0.1) is 0 Å². The fourth-order valence-electron chi connectivity index (χ4n) is 5.57. The molecule has 1 spiro atoms. The van der Waals surface area contributed by atoms with E-state index in [1.165, 1.54) is 25.0 Å². The van der Waals surface area contributed by atoms with Crippen molar-refractivity contribution >= 4 is 23.9 Å². The number of amides is 2. The molecule has 0 unspecified atom stereocenters. The topological polar surface area (TPSA) is 147 Å². The van der Waals surface area contributed by atoms with Gasteiger partial charge in [-0.1, -0.05) is 11.2 Å². The lowest BCUT2D eigenvalue weighted by Gasteiger charge is -2.41. The van der Waals surface area contributed by atoms with Crippen molar-refractivity contribution in [1.82, 2.24) is 14.8 Å². The highest BCUT2D eigenvalue weighted by molar-refractivity contribution is 6.00. The lowest BCUT2D eigenvalue weighted by Crippen LogP contribution is -2.52. The summed E-state index contributed by atoms with van der Waals surface area (Å²) in [5, 5.41) is 6.51. The highest BCUT2D eigenvalue weighted by Gasteiger charge is 2.55. The SMILES string of the molecule is COC1=NO[C@@]2(CC[C@H](C)N3C[C@H]2n2cc(C(=O)NCc4ccc(F)cc4F)c(=O)c(OC(=O)OC[C@@H](C)OC)c2C3=O)C1. The number of aromatic nitrogens is 1. The van der Waals surface area contributed by atoms with Gasteiger partial charge in [-0.2, -0.15) is 0 Å². The van der Waals surface area contributed by atoms with Gasteiger partial charge >= 0.3 is 6.16 Å². The second-order valence-electron chi connectivity index (χ2n) is 11.0. The summed E-state index contributed by atoms with van der Waals surface area (Å²) >= 11 is 0. The van der Waals surface area contributed by atoms with Crippen LogP contribution in [0, 0.1) is 11.6 Å². The Morgan fingerprint density at radius 1 is 1.25 bits per heavy atom. The Bertz CT molecular complexity index is 1580. The van der Waals surface area contributed by atoms with E-state index in [1.807, 2.05) is 6.92 Å². The molecule has 44 heavy (non-hydrogen) atoms. The number of rotatable bonds is 7. The van der Waals surface area contributed by atoms with Gasteiger partial charge in [0.1, 0.15) is 23.8 Å². The summed E-state index contributed by atoms with van der Waals surface area (Å²) in [6, 6.07) is 1.89. The van der Waals surface area contributed by atoms with Crippen LogP contribution in [0.25, 0.3) is 0 Å². The van der Waals surface area contributed by atoms with Gasteiger partial charge in [-0.05, 0) is 32.8 Å². The number of nitrogens with zero attached hydrogens (tertiary/aromatic N) is 3. The van der Waals surface area contributed by atoms with Crippen molar-refractivity contribution < 1.29 is 46.9 Å². The molecule has 5 rings (SSSR count). The molecular weight excluding hydrogens is 586 g/mol. The zero-order chi connectivity index (χ0) is 31.8. The molecule has 2 amide bonds. The molecule has 1 saturated heterocycles. The Kier molecular flexibility index (Phi) is 8.59. The maximum atomic E-state index is 14.2. The molecule has 1 aromatic carbocycles. The molecular formula is C29H32F2N4O9. The van der Waals surface area contributed by atoms with Gasteiger partial charge in [-0.25, -0.2) is 13.6 Å². The van der Waals surface area contributed by atoms with Crippen molar-refractivity contribution in [3.63, 3.8) is 0 Å². The third-order valence-electron chi connectivity index (χ3n) is 8.22. The lowest BCUT2D eigenvalue weighted by molar-refractivity contribution is -0.0655. The third kappa shape index (κ3) is 5.70. The second kappa shape index (κ2) is 12.2. The minimum atomic E-state index is -1.29. The molecule has 4 atom stereocenters. The zero-order valence-electron chi connectivity index (χ0n) is 24.6. The van der Waals surface area contributed by atoms with Crippen molar-refractivity contribution in [3.05, 3.63) is 63.1 Å². The maximum absolute atomic E-state index is 14.2. The van der Waals surface area contributed by atoms with Gasteiger partial charge in [0, 0.05) is 44.1 Å². The summed E-state index contributed by atoms with van der Waals surface area (Å²) in [4.78, 5) is 61.3. The van der Waals surface area contributed by atoms with Crippen LogP contribution in [0.4, 0.5) is 13.6 Å². The molecule has 13 nitrogen and oxygen atoms in total. The van der Waals surface area contributed by atoms with Gasteiger partial charge < -0.3 is 38.6 Å². The molecule has 4 heterocycles. The largest absolute Gasteiger partial charge is 0.514 e. The van der Waals surface area contributed by atoms with Crippen LogP contribution >= 0.6 is 0 Å². The first-order valence-corrected chi connectivity index (χ1v) is 14.0. The van der Waals surface area contributed by atoms with E-state index >= 15 is 0 Å². The first-order chi connectivity index (χ1) is 21.0. The van der Waals surface area contributed by atoms with E-state index in [1.54, 1.807) is 11.8 Å². The number of pyridine rings is 1. The fourth-order valence-corrected chi connectivity index (χ4v) is 5.57. The van der Waals surface area contributed by atoms with Crippen LogP contribution in [-0.4, -0.2) is 78.5 Å². The van der Waals surface area contributed by atoms with E-state index < -0.39 is 64.1 Å². The van der Waals surface area contributed by atoms with E-state index in [9.17, 15) is 28.0 Å². The van der Waals surface area contributed by atoms with Gasteiger partial charge in [0.25, 0.3) is 11.8 Å². The van der Waals surface area contributed by atoms with Crippen LogP contribution < -0.4 is 15.5 Å². The lowest BCUT2D eigenvalue weighted by atomic mass is 9.85. The van der Waals surface area contributed by atoms with Gasteiger partial charge in [0.05, 0.1) is 25.7 Å². The molecule has 1 aromatic heterocycles. The van der Waals surface area contributed by atoms with E-state index in [2.05, 4.69) is 10.5 Å². The molecule has 0 saturated carbocycles. The molecule has 0 aliphatic carbocycles. The average Bonchev–Trinajstić information content (AvgIpc) is 3.38. The van der Waals surface area contributed by atoms with Crippen molar-refractivity contribution in [1.29, 1.82) is 0 Å². The van der Waals surface area contributed by atoms with Crippen LogP contribution in [0.5, 0.6) is 5.75 Å². The predicted octanol–water partition coefficient (Wildman–Crippen LogP) is 2.91. The van der Waals surface area contributed by atoms with Crippen molar-refractivity contribution in [3.8, 4) is 5.75 Å². The number of fused-ring (bicyclic) bond motifs is 5. The maximum Gasteiger partial charge on any atom is 0.514 e. The number of hydrogen-bond donors (Lipinski definition) is 1. The monoisotopic (exact) mass is 618 g/mol. The van der Waals surface area contributed by atoms with Gasteiger partial charge in [0.15, 0.2) is 11.3 Å². The number of nitrogens with one attached hydrogen (secondary N) is 1. The zero-order valence-corrected chi connectivity index (χ0v) is 24.6. The molecule has 3 aliphatic heterocycles. The first kappa shape index (κ1) is 30.9. The smallest absolute Gasteiger partial charge is 0.482 e. The van der Waals surface area contributed by atoms with Crippen LogP contribution in [0.3, 0.4) is 0 Å². The number of oxime groups is 1. The minimum absolute atomic E-state index is 0.0312. The normalized spacial score (nSPS) is 22.8. The van der Waals surface area contributed by atoms with Crippen LogP contribution in [-0.2, 0) is 25.6 Å². The summed E-state index contributed by atoms with van der Waals surface area (Å²) in [5.41, 5.74) is -2.89. The molecule has 15 heteroatoms. The summed E-state index contributed by atoms with van der Waals surface area (Å²) < 4.78 is 49.8. The number of carbonyl (C=O) groups is 3. The quantitative estimate of drug-likeness (QED) is 0.463. The van der Waals surface area contributed by atoms with E-state index in [0.29, 0.717) is 24.8 Å². The van der Waals surface area contributed by atoms with Crippen LogP contribution in [0.2, 0.25) is 0 Å². The third-order valence-corrected chi connectivity index (χ3v) is 8.22. The summed E-state index contributed by atoms with van der Waals surface area (Å²) in [6.07, 6.45) is 0.631. The van der Waals surface area contributed by atoms with Gasteiger partial charge in [-0.3, -0.25) is 14.4 Å². The Morgan fingerprint density at radius 3 is 2.70 bits per heavy atom. The fraction of sp³-hybridized carbons (Fsp3) is 0.483. The standard InChI is InChI=1S/C29H32F2N4O9/c1-15-7-8-29(10-22(41-4)33-44-29)21-13-34(15)27(38)23-25(43-28(39)42-14-16(2)40-3)24(36)19(12-35(21)23)26(37)32-11-17-5-6-18(30)9-20(17)31/h5-6,9,12,15-16,21H,7-8,10-11,13-14H2,1-4H3,(H,32,37)/t15-,16+,21+,29-/m0/s1. The number of ether oxygens (including phenoxy) is 4. The Morgan fingerprint density at radius 2 is 2.02 bits per heavy atom. The molecule has 236 valence electrons. The van der Waals surface area contributed by atoms with Crippen molar-refractivity contribution in [2.45, 2.75) is 63.4 Å². The van der Waals surface area contributed by atoms with Crippen molar-refractivity contribution in [2.24, 2.45) is 5.16 Å². The molecule has 2 aromatic rings. The molecule has 1 N–H and O–H groups in total. The second-order valence-corrected chi connectivity index (χ2v) is 11.0. The summed E-state index contributed by atoms with van der Waals surface area (Å²) in [7, 11) is 2.87. The average molecular weight is 619 g/mol. The number of carbonyl (C=O) groups excluding carboxylic acids is 3. The van der Waals surface area contributed by atoms with Crippen LogP contribution in [0.1, 0.15) is 65.6 Å². The predicted molar refractivity (Wildman–Crippen MR) is 148 cm³/mol.